The van der Waals surface area contributed by atoms with Crippen LogP contribution in [0, 0.1) is 13.8 Å². The molecule has 0 saturated carbocycles. The van der Waals surface area contributed by atoms with E-state index in [1.807, 2.05) is 39.0 Å². The number of carbonyl (C=O) groups is 1. The zero-order valence-electron chi connectivity index (χ0n) is 16.7. The number of amides is 1. The Bertz CT molecular complexity index is 1120. The number of thioether (sulfide) groups is 1. The van der Waals surface area contributed by atoms with E-state index in [4.69, 9.17) is 4.74 Å². The maximum absolute atomic E-state index is 13.0. The summed E-state index contributed by atoms with van der Waals surface area (Å²) in [5.41, 5.74) is 1.49. The number of nitrogens with one attached hydrogen (secondary N) is 1. The number of nitrogens with zero attached hydrogens (tertiary/aromatic N) is 2. The maximum atomic E-state index is 13.0. The molecule has 3 aromatic rings. The van der Waals surface area contributed by atoms with Gasteiger partial charge in [-0.1, -0.05) is 30.0 Å². The van der Waals surface area contributed by atoms with Crippen LogP contribution in [0.1, 0.15) is 17.4 Å². The van der Waals surface area contributed by atoms with Crippen molar-refractivity contribution in [3.05, 3.63) is 57.7 Å². The second-order valence-corrected chi connectivity index (χ2v) is 8.47. The fourth-order valence-electron chi connectivity index (χ4n) is 2.88. The fourth-order valence-corrected chi connectivity index (χ4v) is 4.76. The molecule has 6 nitrogen and oxygen atoms in total. The van der Waals surface area contributed by atoms with E-state index in [1.54, 1.807) is 16.7 Å². The number of carbonyl (C=O) groups excluding carboxylic acids is 1. The smallest absolute Gasteiger partial charge is 0.263 e. The summed E-state index contributed by atoms with van der Waals surface area (Å²) in [7, 11) is 0. The third-order valence-corrected chi connectivity index (χ3v) is 6.44. The summed E-state index contributed by atoms with van der Waals surface area (Å²) in [6.45, 7) is 10.4. The van der Waals surface area contributed by atoms with Gasteiger partial charge in [-0.25, -0.2) is 4.98 Å². The maximum Gasteiger partial charge on any atom is 0.263 e. The molecule has 0 radical (unpaired) electrons. The number of ether oxygens (including phenoxy) is 1. The molecule has 0 spiro atoms. The van der Waals surface area contributed by atoms with Crippen LogP contribution in [0.2, 0.25) is 0 Å². The normalized spacial score (nSPS) is 10.9. The first-order valence-electron chi connectivity index (χ1n) is 9.22. The van der Waals surface area contributed by atoms with E-state index in [1.165, 1.54) is 23.1 Å². The van der Waals surface area contributed by atoms with Crippen molar-refractivity contribution >= 4 is 44.9 Å². The third kappa shape index (κ3) is 4.54. The molecule has 0 unspecified atom stereocenters. The number of hydrogen-bond acceptors (Lipinski definition) is 6. The summed E-state index contributed by atoms with van der Waals surface area (Å²) >= 11 is 2.73. The molecule has 0 fully saturated rings. The molecule has 0 aliphatic carbocycles. The van der Waals surface area contributed by atoms with Crippen LogP contribution in [0.15, 0.2) is 46.9 Å². The minimum absolute atomic E-state index is 0.0960. The van der Waals surface area contributed by atoms with Gasteiger partial charge in [0.25, 0.3) is 5.56 Å². The van der Waals surface area contributed by atoms with Crippen LogP contribution in [0.4, 0.5) is 5.69 Å². The first-order valence-corrected chi connectivity index (χ1v) is 11.0. The van der Waals surface area contributed by atoms with Crippen LogP contribution in [0.3, 0.4) is 0 Å². The second-order valence-electron chi connectivity index (χ2n) is 6.33. The Balaban J connectivity index is 1.83. The number of anilines is 1. The first kappa shape index (κ1) is 21.1. The van der Waals surface area contributed by atoms with Gasteiger partial charge in [-0.2, -0.15) is 0 Å². The minimum Gasteiger partial charge on any atom is -0.492 e. The fraction of sp³-hybridized carbons (Fsp3) is 0.286. The highest BCUT2D eigenvalue weighted by atomic mass is 32.2. The van der Waals surface area contributed by atoms with Crippen molar-refractivity contribution in [1.82, 2.24) is 9.55 Å². The molecule has 2 heterocycles. The lowest BCUT2D eigenvalue weighted by Gasteiger charge is -2.12. The van der Waals surface area contributed by atoms with Gasteiger partial charge in [0.1, 0.15) is 10.6 Å². The molecule has 8 heteroatoms. The molecule has 1 amide bonds. The van der Waals surface area contributed by atoms with Gasteiger partial charge in [-0.3, -0.25) is 14.2 Å². The summed E-state index contributed by atoms with van der Waals surface area (Å²) in [5.74, 6) is 0.556. The highest BCUT2D eigenvalue weighted by Gasteiger charge is 2.17. The number of fused-ring (bicyclic) bond motifs is 1. The summed E-state index contributed by atoms with van der Waals surface area (Å²) in [6, 6.07) is 7.30. The Kier molecular flexibility index (Phi) is 6.76. The molecular weight excluding hydrogens is 406 g/mol. The van der Waals surface area contributed by atoms with Crippen LogP contribution in [-0.2, 0) is 11.3 Å². The van der Waals surface area contributed by atoms with E-state index in [2.05, 4.69) is 16.9 Å². The van der Waals surface area contributed by atoms with Gasteiger partial charge in [0, 0.05) is 11.4 Å². The molecular formula is C21H23N3O3S2. The van der Waals surface area contributed by atoms with E-state index in [0.717, 1.165) is 10.4 Å². The van der Waals surface area contributed by atoms with Gasteiger partial charge in [0.15, 0.2) is 5.16 Å². The van der Waals surface area contributed by atoms with Crippen molar-refractivity contribution in [2.24, 2.45) is 0 Å². The van der Waals surface area contributed by atoms with Crippen molar-refractivity contribution in [2.75, 3.05) is 17.7 Å². The van der Waals surface area contributed by atoms with Crippen LogP contribution in [0.25, 0.3) is 10.2 Å². The Morgan fingerprint density at radius 1 is 1.38 bits per heavy atom. The molecule has 1 N–H and O–H groups in total. The number of para-hydroxylation sites is 2. The summed E-state index contributed by atoms with van der Waals surface area (Å²) in [4.78, 5) is 31.9. The van der Waals surface area contributed by atoms with Crippen LogP contribution < -0.4 is 15.6 Å². The van der Waals surface area contributed by atoms with Gasteiger partial charge in [-0.15, -0.1) is 17.9 Å². The zero-order valence-corrected chi connectivity index (χ0v) is 18.3. The molecule has 1 aromatic carbocycles. The summed E-state index contributed by atoms with van der Waals surface area (Å²) in [6.07, 6.45) is 1.66. The Labute approximate surface area is 177 Å². The van der Waals surface area contributed by atoms with E-state index in [0.29, 0.717) is 40.0 Å². The first-order chi connectivity index (χ1) is 14.0. The molecule has 2 aromatic heterocycles. The van der Waals surface area contributed by atoms with E-state index >= 15 is 0 Å². The number of aromatic nitrogens is 2. The molecule has 0 bridgehead atoms. The molecule has 0 saturated heterocycles. The predicted octanol–water partition coefficient (Wildman–Crippen LogP) is 4.39. The predicted molar refractivity (Wildman–Crippen MR) is 121 cm³/mol. The number of thiophene rings is 1. The van der Waals surface area contributed by atoms with Gasteiger partial charge in [-0.05, 0) is 38.5 Å². The standard InChI is InChI=1S/C21H23N3O3S2/c1-5-11-24-20(26)18-13(3)14(4)29-19(18)23-21(24)28-12-17(25)22-15-9-7-8-10-16(15)27-6-2/h5,7-10H,1,6,11-12H2,2-4H3,(H,22,25). The Morgan fingerprint density at radius 2 is 2.14 bits per heavy atom. The van der Waals surface area contributed by atoms with Crippen LogP contribution in [0.5, 0.6) is 5.75 Å². The lowest BCUT2D eigenvalue weighted by Crippen LogP contribution is -2.23. The van der Waals surface area contributed by atoms with Gasteiger partial charge < -0.3 is 10.1 Å². The number of rotatable bonds is 8. The molecule has 0 aliphatic rings. The number of hydrogen-bond donors (Lipinski definition) is 1. The molecule has 3 rings (SSSR count). The monoisotopic (exact) mass is 429 g/mol. The van der Waals surface area contributed by atoms with E-state index in [9.17, 15) is 9.59 Å². The lowest BCUT2D eigenvalue weighted by molar-refractivity contribution is -0.113. The quantitative estimate of drug-likeness (QED) is 0.327. The number of aryl methyl sites for hydroxylation is 2. The molecule has 29 heavy (non-hydrogen) atoms. The average molecular weight is 430 g/mol. The average Bonchev–Trinajstić information content (AvgIpc) is 2.98. The zero-order chi connectivity index (χ0) is 21.0. The molecule has 152 valence electrons. The Hall–Kier alpha value is -2.58. The van der Waals surface area contributed by atoms with Crippen molar-refractivity contribution in [1.29, 1.82) is 0 Å². The van der Waals surface area contributed by atoms with Crippen molar-refractivity contribution in [3.63, 3.8) is 0 Å². The highest BCUT2D eigenvalue weighted by Crippen LogP contribution is 2.29. The summed E-state index contributed by atoms with van der Waals surface area (Å²) < 4.78 is 7.11. The van der Waals surface area contributed by atoms with Gasteiger partial charge in [0.05, 0.1) is 23.4 Å². The largest absolute Gasteiger partial charge is 0.492 e. The van der Waals surface area contributed by atoms with Crippen molar-refractivity contribution < 1.29 is 9.53 Å². The molecule has 0 atom stereocenters. The number of allylic oxidation sites excluding steroid dienone is 1. The topological polar surface area (TPSA) is 73.2 Å². The van der Waals surface area contributed by atoms with Crippen molar-refractivity contribution in [2.45, 2.75) is 32.5 Å². The molecule has 0 aliphatic heterocycles. The lowest BCUT2D eigenvalue weighted by atomic mass is 10.2. The van der Waals surface area contributed by atoms with Gasteiger partial charge >= 0.3 is 0 Å². The third-order valence-electron chi connectivity index (χ3n) is 4.36. The van der Waals surface area contributed by atoms with E-state index < -0.39 is 0 Å². The Morgan fingerprint density at radius 3 is 2.86 bits per heavy atom. The highest BCUT2D eigenvalue weighted by molar-refractivity contribution is 7.99. The SMILES string of the molecule is C=CCn1c(SCC(=O)Nc2ccccc2OCC)nc2sc(C)c(C)c2c1=O. The number of benzene rings is 1. The second kappa shape index (κ2) is 9.28. The van der Waals surface area contributed by atoms with E-state index in [-0.39, 0.29) is 17.2 Å². The minimum atomic E-state index is -0.194. The van der Waals surface area contributed by atoms with Crippen LogP contribution >= 0.6 is 23.1 Å². The summed E-state index contributed by atoms with van der Waals surface area (Å²) in [5, 5.41) is 4.02. The van der Waals surface area contributed by atoms with Crippen molar-refractivity contribution in [3.8, 4) is 5.75 Å². The van der Waals surface area contributed by atoms with Crippen LogP contribution in [-0.4, -0.2) is 27.8 Å². The van der Waals surface area contributed by atoms with Gasteiger partial charge in [0.2, 0.25) is 5.91 Å².